The molecule has 2 aromatic rings. The number of amides is 2. The number of nitrogens with zero attached hydrogens (tertiary/aromatic N) is 1. The molecule has 1 aliphatic heterocycles. The standard InChI is InChI=1S/C22H27N3O2/c1-2-20(26)23-18-11-13-19(14-12-18)24-21(17-9-5-3-6-10-17)22(27)25-15-7-4-8-16-25/h3,5-6,9-14,21,24H,2,4,7-8,15-16H2,1H3,(H,23,26). The summed E-state index contributed by atoms with van der Waals surface area (Å²) in [5.41, 5.74) is 2.56. The Bertz CT molecular complexity index is 753. The molecule has 0 aromatic heterocycles. The molecule has 2 amide bonds. The van der Waals surface area contributed by atoms with Crippen molar-refractivity contribution in [2.75, 3.05) is 23.7 Å². The molecule has 5 heteroatoms. The lowest BCUT2D eigenvalue weighted by atomic mass is 10.0. The molecular formula is C22H27N3O2. The van der Waals surface area contributed by atoms with Gasteiger partial charge >= 0.3 is 0 Å². The lowest BCUT2D eigenvalue weighted by Crippen LogP contribution is -2.41. The maximum Gasteiger partial charge on any atom is 0.249 e. The van der Waals surface area contributed by atoms with E-state index in [0.29, 0.717) is 6.42 Å². The van der Waals surface area contributed by atoms with Gasteiger partial charge in [0.15, 0.2) is 0 Å². The number of piperidine rings is 1. The molecule has 1 atom stereocenters. The molecule has 2 aromatic carbocycles. The van der Waals surface area contributed by atoms with Crippen LogP contribution in [0.15, 0.2) is 54.6 Å². The molecule has 142 valence electrons. The van der Waals surface area contributed by atoms with Crippen LogP contribution in [-0.2, 0) is 9.59 Å². The summed E-state index contributed by atoms with van der Waals surface area (Å²) in [6, 6.07) is 16.9. The molecule has 3 rings (SSSR count). The van der Waals surface area contributed by atoms with E-state index >= 15 is 0 Å². The van der Waals surface area contributed by atoms with Crippen molar-refractivity contribution in [2.45, 2.75) is 38.6 Å². The molecule has 1 fully saturated rings. The second-order valence-corrected chi connectivity index (χ2v) is 6.85. The second kappa shape index (κ2) is 9.21. The molecule has 0 bridgehead atoms. The maximum absolute atomic E-state index is 13.2. The Morgan fingerprint density at radius 2 is 1.56 bits per heavy atom. The molecule has 5 nitrogen and oxygen atoms in total. The highest BCUT2D eigenvalue weighted by Crippen LogP contribution is 2.24. The number of carbonyl (C=O) groups is 2. The second-order valence-electron chi connectivity index (χ2n) is 6.85. The summed E-state index contributed by atoms with van der Waals surface area (Å²) < 4.78 is 0. The molecule has 0 spiro atoms. The summed E-state index contributed by atoms with van der Waals surface area (Å²) in [7, 11) is 0. The number of hydrogen-bond acceptors (Lipinski definition) is 3. The Morgan fingerprint density at radius 1 is 0.926 bits per heavy atom. The monoisotopic (exact) mass is 365 g/mol. The molecule has 0 aliphatic carbocycles. The summed E-state index contributed by atoms with van der Waals surface area (Å²) in [4.78, 5) is 26.6. The Hall–Kier alpha value is -2.82. The van der Waals surface area contributed by atoms with Gasteiger partial charge in [-0.3, -0.25) is 9.59 Å². The van der Waals surface area contributed by atoms with Crippen LogP contribution in [0.4, 0.5) is 11.4 Å². The minimum atomic E-state index is -0.416. The predicted molar refractivity (Wildman–Crippen MR) is 109 cm³/mol. The van der Waals surface area contributed by atoms with Crippen molar-refractivity contribution in [3.8, 4) is 0 Å². The van der Waals surface area contributed by atoms with Gasteiger partial charge in [-0.1, -0.05) is 37.3 Å². The van der Waals surface area contributed by atoms with E-state index in [2.05, 4.69) is 10.6 Å². The van der Waals surface area contributed by atoms with Gasteiger partial charge in [0.05, 0.1) is 0 Å². The molecule has 27 heavy (non-hydrogen) atoms. The first-order valence-electron chi connectivity index (χ1n) is 9.67. The lowest BCUT2D eigenvalue weighted by Gasteiger charge is -2.31. The Labute approximate surface area is 160 Å². The number of nitrogens with one attached hydrogen (secondary N) is 2. The van der Waals surface area contributed by atoms with Crippen LogP contribution in [0.25, 0.3) is 0 Å². The van der Waals surface area contributed by atoms with Crippen LogP contribution in [0.1, 0.15) is 44.2 Å². The van der Waals surface area contributed by atoms with Crippen molar-refractivity contribution in [3.05, 3.63) is 60.2 Å². The Kier molecular flexibility index (Phi) is 6.47. The molecule has 0 saturated carbocycles. The smallest absolute Gasteiger partial charge is 0.249 e. The molecule has 0 radical (unpaired) electrons. The van der Waals surface area contributed by atoms with E-state index in [9.17, 15) is 9.59 Å². The van der Waals surface area contributed by atoms with Crippen LogP contribution >= 0.6 is 0 Å². The number of hydrogen-bond donors (Lipinski definition) is 2. The zero-order valence-electron chi connectivity index (χ0n) is 15.8. The van der Waals surface area contributed by atoms with Gasteiger partial charge in [-0.15, -0.1) is 0 Å². The number of benzene rings is 2. The largest absolute Gasteiger partial charge is 0.370 e. The van der Waals surface area contributed by atoms with Crippen LogP contribution < -0.4 is 10.6 Å². The van der Waals surface area contributed by atoms with E-state index in [1.807, 2.05) is 66.4 Å². The minimum absolute atomic E-state index is 0.0156. The van der Waals surface area contributed by atoms with E-state index in [4.69, 9.17) is 0 Å². The molecule has 2 N–H and O–H groups in total. The average Bonchev–Trinajstić information content (AvgIpc) is 2.74. The normalized spacial score (nSPS) is 15.1. The molecule has 1 aliphatic rings. The third kappa shape index (κ3) is 5.09. The first-order valence-corrected chi connectivity index (χ1v) is 9.67. The van der Waals surface area contributed by atoms with Crippen molar-refractivity contribution in [2.24, 2.45) is 0 Å². The lowest BCUT2D eigenvalue weighted by molar-refractivity contribution is -0.133. The summed E-state index contributed by atoms with van der Waals surface area (Å²) >= 11 is 0. The highest BCUT2D eigenvalue weighted by atomic mass is 16.2. The number of rotatable bonds is 6. The first kappa shape index (κ1) is 19.0. The number of anilines is 2. The van der Waals surface area contributed by atoms with Crippen molar-refractivity contribution >= 4 is 23.2 Å². The van der Waals surface area contributed by atoms with Gasteiger partial charge in [0.1, 0.15) is 6.04 Å². The van der Waals surface area contributed by atoms with E-state index in [-0.39, 0.29) is 11.8 Å². The topological polar surface area (TPSA) is 61.4 Å². The molecule has 1 heterocycles. The van der Waals surface area contributed by atoms with E-state index in [0.717, 1.165) is 42.9 Å². The predicted octanol–water partition coefficient (Wildman–Crippen LogP) is 4.20. The quantitative estimate of drug-likeness (QED) is 0.806. The van der Waals surface area contributed by atoms with Gasteiger partial charge < -0.3 is 15.5 Å². The van der Waals surface area contributed by atoms with E-state index in [1.165, 1.54) is 6.42 Å². The van der Waals surface area contributed by atoms with Crippen molar-refractivity contribution in [1.82, 2.24) is 4.90 Å². The van der Waals surface area contributed by atoms with Gasteiger partial charge in [-0.05, 0) is 49.1 Å². The van der Waals surface area contributed by atoms with Crippen LogP contribution in [0.2, 0.25) is 0 Å². The highest BCUT2D eigenvalue weighted by Gasteiger charge is 2.26. The van der Waals surface area contributed by atoms with Crippen LogP contribution in [0.3, 0.4) is 0 Å². The summed E-state index contributed by atoms with van der Waals surface area (Å²) in [6.45, 7) is 3.47. The van der Waals surface area contributed by atoms with Gasteiger partial charge in [0.25, 0.3) is 0 Å². The highest BCUT2D eigenvalue weighted by molar-refractivity contribution is 5.91. The molecular weight excluding hydrogens is 338 g/mol. The average molecular weight is 365 g/mol. The van der Waals surface area contributed by atoms with Crippen LogP contribution in [0.5, 0.6) is 0 Å². The molecule has 1 saturated heterocycles. The summed E-state index contributed by atoms with van der Waals surface area (Å²) in [5.74, 6) is 0.0995. The summed E-state index contributed by atoms with van der Waals surface area (Å²) in [5, 5.41) is 6.22. The number of likely N-dealkylation sites (tertiary alicyclic amines) is 1. The van der Waals surface area contributed by atoms with Gasteiger partial charge in [0, 0.05) is 30.9 Å². The minimum Gasteiger partial charge on any atom is -0.370 e. The van der Waals surface area contributed by atoms with E-state index < -0.39 is 6.04 Å². The fourth-order valence-corrected chi connectivity index (χ4v) is 3.30. The zero-order chi connectivity index (χ0) is 19.1. The Morgan fingerprint density at radius 3 is 2.19 bits per heavy atom. The van der Waals surface area contributed by atoms with Gasteiger partial charge in [-0.25, -0.2) is 0 Å². The SMILES string of the molecule is CCC(=O)Nc1ccc(NC(C(=O)N2CCCCC2)c2ccccc2)cc1. The third-order valence-electron chi connectivity index (χ3n) is 4.85. The molecule has 1 unspecified atom stereocenters. The third-order valence-corrected chi connectivity index (χ3v) is 4.85. The fraction of sp³-hybridized carbons (Fsp3) is 0.364. The first-order chi connectivity index (χ1) is 13.2. The van der Waals surface area contributed by atoms with Gasteiger partial charge in [-0.2, -0.15) is 0 Å². The van der Waals surface area contributed by atoms with Crippen LogP contribution in [0, 0.1) is 0 Å². The maximum atomic E-state index is 13.2. The van der Waals surface area contributed by atoms with Crippen molar-refractivity contribution in [3.63, 3.8) is 0 Å². The van der Waals surface area contributed by atoms with E-state index in [1.54, 1.807) is 0 Å². The van der Waals surface area contributed by atoms with Gasteiger partial charge in [0.2, 0.25) is 11.8 Å². The number of carbonyl (C=O) groups excluding carboxylic acids is 2. The Balaban J connectivity index is 1.77. The zero-order valence-corrected chi connectivity index (χ0v) is 15.8. The van der Waals surface area contributed by atoms with Crippen LogP contribution in [-0.4, -0.2) is 29.8 Å². The fourth-order valence-electron chi connectivity index (χ4n) is 3.30. The summed E-state index contributed by atoms with van der Waals surface area (Å²) in [6.07, 6.45) is 3.77. The van der Waals surface area contributed by atoms with Crippen molar-refractivity contribution < 1.29 is 9.59 Å². The van der Waals surface area contributed by atoms with Crippen molar-refractivity contribution in [1.29, 1.82) is 0 Å².